The molecule has 202 valence electrons. The van der Waals surface area contributed by atoms with Crippen LogP contribution in [-0.2, 0) is 19.2 Å². The van der Waals surface area contributed by atoms with Gasteiger partial charge in [-0.1, -0.05) is 25.5 Å². The number of carboxylic acid groups (broad SMARTS) is 2. The Balaban J connectivity index is 0.000000501. The Hall–Kier alpha value is -2.43. The SMILES string of the molecule is CC(=O)O.CC(=O)O.C[C@H]1C[C@H]2[C@@H]3CCC4=CC(=O)C=C[C@]4(C)[C@@]3(F)[C@@H](O)C[C@]2(C)[C@@]1(O)C(=O)CO. The summed E-state index contributed by atoms with van der Waals surface area (Å²) in [5.74, 6) is -3.79. The van der Waals surface area contributed by atoms with Crippen molar-refractivity contribution in [3.8, 4) is 0 Å². The van der Waals surface area contributed by atoms with Gasteiger partial charge in [-0.15, -0.1) is 0 Å². The van der Waals surface area contributed by atoms with Crippen LogP contribution < -0.4 is 0 Å². The lowest BCUT2D eigenvalue weighted by molar-refractivity contribution is -0.219. The van der Waals surface area contributed by atoms with Crippen molar-refractivity contribution in [2.75, 3.05) is 6.61 Å². The largest absolute Gasteiger partial charge is 0.481 e. The molecule has 9 nitrogen and oxygen atoms in total. The van der Waals surface area contributed by atoms with E-state index in [2.05, 4.69) is 0 Å². The Labute approximate surface area is 209 Å². The molecule has 0 heterocycles. The number of carboxylic acids is 2. The highest BCUT2D eigenvalue weighted by Gasteiger charge is 2.75. The highest BCUT2D eigenvalue weighted by molar-refractivity contribution is 6.01. The van der Waals surface area contributed by atoms with Crippen LogP contribution in [0.15, 0.2) is 23.8 Å². The summed E-state index contributed by atoms with van der Waals surface area (Å²) in [5, 5.41) is 46.8. The van der Waals surface area contributed by atoms with Gasteiger partial charge in [-0.25, -0.2) is 4.39 Å². The molecule has 4 aliphatic rings. The van der Waals surface area contributed by atoms with Gasteiger partial charge in [0.2, 0.25) is 0 Å². The van der Waals surface area contributed by atoms with Crippen LogP contribution in [0.25, 0.3) is 0 Å². The lowest BCUT2D eigenvalue weighted by Gasteiger charge is -2.62. The highest BCUT2D eigenvalue weighted by atomic mass is 19.1. The fraction of sp³-hybridized carbons (Fsp3) is 0.692. The van der Waals surface area contributed by atoms with Gasteiger partial charge in [0.05, 0.1) is 6.10 Å². The van der Waals surface area contributed by atoms with Crippen molar-refractivity contribution < 1.29 is 49.1 Å². The minimum Gasteiger partial charge on any atom is -0.481 e. The third kappa shape index (κ3) is 4.43. The minimum absolute atomic E-state index is 0.0676. The molecular weight excluding hydrogens is 475 g/mol. The summed E-state index contributed by atoms with van der Waals surface area (Å²) in [6.45, 7) is 6.65. The molecule has 0 spiro atoms. The van der Waals surface area contributed by atoms with E-state index in [-0.39, 0.29) is 18.1 Å². The van der Waals surface area contributed by atoms with E-state index in [0.717, 1.165) is 13.8 Å². The van der Waals surface area contributed by atoms with Crippen molar-refractivity contribution in [1.82, 2.24) is 0 Å². The van der Waals surface area contributed by atoms with Gasteiger partial charge in [0.25, 0.3) is 11.9 Å². The summed E-state index contributed by atoms with van der Waals surface area (Å²) >= 11 is 0. The first kappa shape index (κ1) is 29.8. The molecule has 5 N–H and O–H groups in total. The predicted molar refractivity (Wildman–Crippen MR) is 127 cm³/mol. The predicted octanol–water partition coefficient (Wildman–Crippen LogP) is 2.08. The number of hydrogen-bond donors (Lipinski definition) is 5. The van der Waals surface area contributed by atoms with Crippen LogP contribution in [0.2, 0.25) is 0 Å². The van der Waals surface area contributed by atoms with E-state index in [1.165, 1.54) is 12.2 Å². The highest BCUT2D eigenvalue weighted by Crippen LogP contribution is 2.70. The normalized spacial score (nSPS) is 42.2. The Kier molecular flexibility index (Phi) is 8.40. The summed E-state index contributed by atoms with van der Waals surface area (Å²) < 4.78 is 16.9. The topological polar surface area (TPSA) is 169 Å². The molecule has 0 bridgehead atoms. The van der Waals surface area contributed by atoms with E-state index in [1.807, 2.05) is 0 Å². The first-order chi connectivity index (χ1) is 16.4. The first-order valence-corrected chi connectivity index (χ1v) is 12.0. The molecule has 8 atom stereocenters. The van der Waals surface area contributed by atoms with Crippen molar-refractivity contribution in [3.05, 3.63) is 23.8 Å². The van der Waals surface area contributed by atoms with E-state index >= 15 is 4.39 Å². The van der Waals surface area contributed by atoms with Crippen LogP contribution in [0.1, 0.15) is 60.3 Å². The van der Waals surface area contributed by atoms with Gasteiger partial charge < -0.3 is 25.5 Å². The van der Waals surface area contributed by atoms with Crippen LogP contribution >= 0.6 is 0 Å². The van der Waals surface area contributed by atoms with Gasteiger partial charge in [-0.3, -0.25) is 19.2 Å². The number of carbonyl (C=O) groups excluding carboxylic acids is 2. The summed E-state index contributed by atoms with van der Waals surface area (Å²) in [7, 11) is 0. The van der Waals surface area contributed by atoms with Crippen LogP contribution in [0, 0.1) is 28.6 Å². The number of ketones is 2. The number of allylic oxidation sites excluding steroid dienone is 4. The molecule has 10 heteroatoms. The molecule has 0 saturated heterocycles. The van der Waals surface area contributed by atoms with Gasteiger partial charge >= 0.3 is 0 Å². The second-order valence-corrected chi connectivity index (χ2v) is 10.8. The van der Waals surface area contributed by atoms with Crippen molar-refractivity contribution >= 4 is 23.5 Å². The maximum absolute atomic E-state index is 16.9. The van der Waals surface area contributed by atoms with Gasteiger partial charge in [0.15, 0.2) is 17.2 Å². The van der Waals surface area contributed by atoms with Gasteiger partial charge in [-0.2, -0.15) is 0 Å². The number of rotatable bonds is 2. The number of aliphatic carboxylic acids is 2. The monoisotopic (exact) mass is 512 g/mol. The lowest BCUT2D eigenvalue weighted by atomic mass is 9.44. The maximum Gasteiger partial charge on any atom is 0.300 e. The number of aliphatic hydroxyl groups excluding tert-OH is 2. The summed E-state index contributed by atoms with van der Waals surface area (Å²) in [4.78, 5) is 42.4. The molecule has 0 aliphatic heterocycles. The quantitative estimate of drug-likeness (QED) is 0.372. The first-order valence-electron chi connectivity index (χ1n) is 12.0. The van der Waals surface area contributed by atoms with Gasteiger partial charge in [-0.05, 0) is 56.6 Å². The molecule has 0 radical (unpaired) electrons. The molecule has 0 unspecified atom stereocenters. The average molecular weight is 513 g/mol. The second kappa shape index (κ2) is 10.1. The smallest absolute Gasteiger partial charge is 0.300 e. The molecule has 36 heavy (non-hydrogen) atoms. The van der Waals surface area contributed by atoms with Gasteiger partial charge in [0.1, 0.15) is 12.2 Å². The maximum atomic E-state index is 16.9. The van der Waals surface area contributed by atoms with Crippen LogP contribution in [0.3, 0.4) is 0 Å². The zero-order chi connectivity index (χ0) is 27.9. The number of fused-ring (bicyclic) bond motifs is 5. The van der Waals surface area contributed by atoms with Crippen molar-refractivity contribution in [1.29, 1.82) is 0 Å². The zero-order valence-corrected chi connectivity index (χ0v) is 21.3. The molecule has 0 amide bonds. The minimum atomic E-state index is -1.98. The third-order valence-electron chi connectivity index (χ3n) is 8.79. The summed E-state index contributed by atoms with van der Waals surface area (Å²) in [5.41, 5.74) is -5.17. The van der Waals surface area contributed by atoms with E-state index in [4.69, 9.17) is 19.8 Å². The molecule has 0 aromatic rings. The molecular formula is C26H37FO9. The third-order valence-corrected chi connectivity index (χ3v) is 8.79. The Morgan fingerprint density at radius 3 is 2.14 bits per heavy atom. The number of Topliss-reactive ketones (excluding diaryl/α,β-unsaturated/α-hetero) is 1. The Morgan fingerprint density at radius 1 is 1.11 bits per heavy atom. The lowest BCUT2D eigenvalue weighted by Crippen LogP contribution is -2.69. The number of hydrogen-bond acceptors (Lipinski definition) is 7. The van der Waals surface area contributed by atoms with Gasteiger partial charge in [0, 0.05) is 30.6 Å². The number of halogens is 1. The van der Waals surface area contributed by atoms with E-state index in [0.29, 0.717) is 24.8 Å². The van der Waals surface area contributed by atoms with Crippen LogP contribution in [0.4, 0.5) is 4.39 Å². The standard InChI is InChI=1S/C22H29FO5.2C2H4O2/c1-12-8-16-15-5-4-13-9-14(25)6-7-19(13,2)21(15,23)17(26)10-20(16,3)22(12,28)18(27)11-24;2*1-2(3)4/h6-7,9,12,15-17,24,26,28H,4-5,8,10-11H2,1-3H3;2*1H3,(H,3,4)/t12-,15-,16-,17-,19-,20-,21-,22-;;/m0../s1. The van der Waals surface area contributed by atoms with Crippen LogP contribution in [-0.4, -0.2) is 73.0 Å². The zero-order valence-electron chi connectivity index (χ0n) is 21.3. The fourth-order valence-electron chi connectivity index (χ4n) is 7.26. The average Bonchev–Trinajstić information content (AvgIpc) is 2.95. The number of carbonyl (C=O) groups is 4. The Morgan fingerprint density at radius 2 is 1.64 bits per heavy atom. The van der Waals surface area contributed by atoms with E-state index in [1.54, 1.807) is 26.8 Å². The molecule has 4 rings (SSSR count). The van der Waals surface area contributed by atoms with E-state index < -0.39 is 64.4 Å². The van der Waals surface area contributed by atoms with Crippen molar-refractivity contribution in [2.24, 2.45) is 28.6 Å². The summed E-state index contributed by atoms with van der Waals surface area (Å²) in [6, 6.07) is 0. The molecule has 3 fully saturated rings. The fourth-order valence-corrected chi connectivity index (χ4v) is 7.26. The van der Waals surface area contributed by atoms with Crippen molar-refractivity contribution in [3.63, 3.8) is 0 Å². The van der Waals surface area contributed by atoms with Crippen molar-refractivity contribution in [2.45, 2.75) is 77.7 Å². The molecule has 0 aromatic heterocycles. The van der Waals surface area contributed by atoms with Crippen LogP contribution in [0.5, 0.6) is 0 Å². The second-order valence-electron chi connectivity index (χ2n) is 10.8. The molecule has 3 saturated carbocycles. The molecule has 0 aromatic carbocycles. The summed E-state index contributed by atoms with van der Waals surface area (Å²) in [6.07, 6.45) is 4.44. The number of alkyl halides is 1. The Bertz CT molecular complexity index is 970. The molecule has 4 aliphatic carbocycles. The number of aliphatic hydroxyl groups is 3. The van der Waals surface area contributed by atoms with E-state index in [9.17, 15) is 24.9 Å².